The van der Waals surface area contributed by atoms with Gasteiger partial charge in [-0.2, -0.15) is 0 Å². The number of aromatic nitrogens is 2. The van der Waals surface area contributed by atoms with Crippen LogP contribution in [-0.4, -0.2) is 19.4 Å². The number of nitrogens with one attached hydrogen (secondary N) is 1. The van der Waals surface area contributed by atoms with E-state index in [1.165, 1.54) is 6.07 Å². The molecule has 172 valence electrons. The second kappa shape index (κ2) is 9.72. The Bertz CT molecular complexity index is 1290. The summed E-state index contributed by atoms with van der Waals surface area (Å²) in [5.41, 5.74) is 3.06. The van der Waals surface area contributed by atoms with Crippen molar-refractivity contribution in [3.8, 4) is 11.3 Å². The highest BCUT2D eigenvalue weighted by atomic mass is 79.9. The minimum Gasteiger partial charge on any atom is -0.598 e. The Balaban J connectivity index is 1.82. The molecule has 0 radical (unpaired) electrons. The molecule has 1 unspecified atom stereocenters. The maximum atomic E-state index is 14.6. The fourth-order valence-electron chi connectivity index (χ4n) is 3.44. The average molecular weight is 551 g/mol. The highest BCUT2D eigenvalue weighted by Crippen LogP contribution is 2.36. The molecule has 2 atom stereocenters. The Kier molecular flexibility index (Phi) is 7.12. The third-order valence-electron chi connectivity index (χ3n) is 5.11. The largest absolute Gasteiger partial charge is 0.598 e. The summed E-state index contributed by atoms with van der Waals surface area (Å²) in [6, 6.07) is 15.4. The molecule has 9 heteroatoms. The van der Waals surface area contributed by atoms with Gasteiger partial charge in [0, 0.05) is 39.8 Å². The van der Waals surface area contributed by atoms with Gasteiger partial charge in [-0.25, -0.2) is 9.37 Å². The summed E-state index contributed by atoms with van der Waals surface area (Å²) in [6.45, 7) is 5.64. The van der Waals surface area contributed by atoms with Gasteiger partial charge < -0.3 is 9.08 Å². The Morgan fingerprint density at radius 2 is 1.94 bits per heavy atom. The summed E-state index contributed by atoms with van der Waals surface area (Å²) in [6.07, 6.45) is 0.186. The molecule has 0 bridgehead atoms. The van der Waals surface area contributed by atoms with E-state index >= 15 is 0 Å². The van der Waals surface area contributed by atoms with E-state index in [1.54, 1.807) is 18.2 Å². The van der Waals surface area contributed by atoms with Crippen molar-refractivity contribution in [2.45, 2.75) is 38.0 Å². The summed E-state index contributed by atoms with van der Waals surface area (Å²) in [5, 5.41) is 5.63. The molecule has 4 rings (SSSR count). The maximum Gasteiger partial charge on any atom is 0.169 e. The molecule has 33 heavy (non-hydrogen) atoms. The lowest BCUT2D eigenvalue weighted by atomic mass is 9.94. The number of rotatable bonds is 6. The summed E-state index contributed by atoms with van der Waals surface area (Å²) in [7, 11) is 0. The van der Waals surface area contributed by atoms with Crippen LogP contribution in [-0.2, 0) is 17.8 Å². The molecule has 2 aromatic carbocycles. The highest BCUT2D eigenvalue weighted by Gasteiger charge is 2.32. The van der Waals surface area contributed by atoms with Crippen LogP contribution in [0, 0.1) is 5.82 Å². The van der Waals surface area contributed by atoms with Crippen LogP contribution < -0.4 is 4.72 Å². The number of fused-ring (bicyclic) bond motifs is 1. The van der Waals surface area contributed by atoms with E-state index in [0.29, 0.717) is 20.9 Å². The van der Waals surface area contributed by atoms with E-state index in [2.05, 4.69) is 30.8 Å². The number of hydrogen-bond acceptors (Lipinski definition) is 5. The third-order valence-corrected chi connectivity index (χ3v) is 7.40. The normalized spacial score (nSPS) is 13.9. The van der Waals surface area contributed by atoms with Gasteiger partial charge in [0.1, 0.15) is 20.9 Å². The zero-order valence-electron chi connectivity index (χ0n) is 18.2. The molecular formula is C24H22BrClFN3O2S. The van der Waals surface area contributed by atoms with E-state index in [4.69, 9.17) is 16.1 Å². The van der Waals surface area contributed by atoms with Gasteiger partial charge in [-0.05, 0) is 66.5 Å². The van der Waals surface area contributed by atoms with E-state index in [0.717, 1.165) is 16.5 Å². The Morgan fingerprint density at radius 1 is 1.18 bits per heavy atom. The van der Waals surface area contributed by atoms with Crippen LogP contribution in [0.15, 0.2) is 63.7 Å². The van der Waals surface area contributed by atoms with Crippen molar-refractivity contribution in [2.24, 2.45) is 0 Å². The van der Waals surface area contributed by atoms with Gasteiger partial charge in [0.15, 0.2) is 5.58 Å². The van der Waals surface area contributed by atoms with Gasteiger partial charge in [-0.3, -0.25) is 0 Å². The van der Waals surface area contributed by atoms with Gasteiger partial charge in [0.25, 0.3) is 0 Å². The van der Waals surface area contributed by atoms with Crippen molar-refractivity contribution < 1.29 is 13.5 Å². The van der Waals surface area contributed by atoms with Crippen molar-refractivity contribution in [1.82, 2.24) is 14.9 Å². The average Bonchev–Trinajstić information content (AvgIpc) is 3.18. The summed E-state index contributed by atoms with van der Waals surface area (Å²) < 4.78 is 36.4. The topological polar surface area (TPSA) is 74.0 Å². The van der Waals surface area contributed by atoms with Gasteiger partial charge in [0.05, 0.1) is 11.7 Å². The third kappa shape index (κ3) is 5.41. The number of benzene rings is 2. The molecule has 0 saturated heterocycles. The molecule has 2 aromatic heterocycles. The van der Waals surface area contributed by atoms with E-state index in [1.807, 2.05) is 51.1 Å². The minimum absolute atomic E-state index is 0.186. The molecule has 0 saturated carbocycles. The predicted octanol–water partition coefficient (Wildman–Crippen LogP) is 6.78. The quantitative estimate of drug-likeness (QED) is 0.212. The van der Waals surface area contributed by atoms with Crippen molar-refractivity contribution in [3.63, 3.8) is 0 Å². The molecule has 1 N–H and O–H groups in total. The van der Waals surface area contributed by atoms with Crippen LogP contribution in [0.4, 0.5) is 4.39 Å². The number of nitrogens with zero attached hydrogens (tertiary/aromatic N) is 2. The lowest BCUT2D eigenvalue weighted by Gasteiger charge is -2.29. The molecule has 0 fully saturated rings. The van der Waals surface area contributed by atoms with Crippen molar-refractivity contribution in [2.75, 3.05) is 0 Å². The van der Waals surface area contributed by atoms with E-state index in [-0.39, 0.29) is 12.1 Å². The number of halogens is 3. The van der Waals surface area contributed by atoms with Gasteiger partial charge in [-0.15, -0.1) is 4.72 Å². The van der Waals surface area contributed by atoms with Crippen LogP contribution in [0.5, 0.6) is 0 Å². The number of pyridine rings is 1. The molecule has 2 heterocycles. The predicted molar refractivity (Wildman–Crippen MR) is 134 cm³/mol. The molecule has 0 amide bonds. The lowest BCUT2D eigenvalue weighted by Crippen LogP contribution is -2.42. The molecule has 0 aliphatic rings. The molecule has 0 aliphatic carbocycles. The first-order valence-corrected chi connectivity index (χ1v) is 12.6. The van der Waals surface area contributed by atoms with Crippen LogP contribution in [0.25, 0.3) is 22.2 Å². The first-order chi connectivity index (χ1) is 15.6. The number of hydrogen-bond donors (Lipinski definition) is 1. The van der Waals surface area contributed by atoms with E-state index < -0.39 is 28.0 Å². The smallest absolute Gasteiger partial charge is 0.169 e. The second-order valence-electron chi connectivity index (χ2n) is 8.58. The Morgan fingerprint density at radius 3 is 2.70 bits per heavy atom. The van der Waals surface area contributed by atoms with Crippen molar-refractivity contribution in [1.29, 1.82) is 0 Å². The fraction of sp³-hybridized carbons (Fsp3) is 0.250. The van der Waals surface area contributed by atoms with Crippen molar-refractivity contribution >= 4 is 49.9 Å². The maximum absolute atomic E-state index is 14.6. The van der Waals surface area contributed by atoms with Crippen LogP contribution >= 0.6 is 27.5 Å². The van der Waals surface area contributed by atoms with Gasteiger partial charge in [0.2, 0.25) is 0 Å². The SMILES string of the molecule is CC(C)(C)[S@+]([O-])NC(Cc1nc(Br)ccc1F)c1ccccc1-c1noc2cc(Cl)ccc12. The molecule has 0 spiro atoms. The standard InChI is InChI=1S/C24H22BrClFN3O2S/c1-24(2,3)33(31)30-19(13-20-18(27)10-11-22(25)28-20)15-6-4-5-7-16(15)23-17-9-8-14(26)12-21(17)32-29-23/h4-12,19,30H,13H2,1-3H3/t19?,33-/m0/s1. The second-order valence-corrected chi connectivity index (χ2v) is 11.8. The van der Waals surface area contributed by atoms with Crippen LogP contribution in [0.3, 0.4) is 0 Å². The Labute approximate surface area is 208 Å². The summed E-state index contributed by atoms with van der Waals surface area (Å²) in [4.78, 5) is 4.31. The monoisotopic (exact) mass is 549 g/mol. The Hall–Kier alpha value is -1.97. The summed E-state index contributed by atoms with van der Waals surface area (Å²) >= 11 is 8.00. The first-order valence-electron chi connectivity index (χ1n) is 10.3. The fourth-order valence-corrected chi connectivity index (χ4v) is 4.77. The molecule has 4 aromatic rings. The molecular weight excluding hydrogens is 529 g/mol. The highest BCUT2D eigenvalue weighted by molar-refractivity contribution is 9.10. The lowest BCUT2D eigenvalue weighted by molar-refractivity contribution is 0.459. The molecule has 5 nitrogen and oxygen atoms in total. The van der Waals surface area contributed by atoms with Crippen LogP contribution in [0.1, 0.15) is 38.1 Å². The van der Waals surface area contributed by atoms with E-state index in [9.17, 15) is 8.94 Å². The zero-order valence-corrected chi connectivity index (χ0v) is 21.4. The van der Waals surface area contributed by atoms with Gasteiger partial charge >= 0.3 is 0 Å². The first kappa shape index (κ1) is 24.2. The van der Waals surface area contributed by atoms with Crippen molar-refractivity contribution in [3.05, 3.63) is 81.3 Å². The van der Waals surface area contributed by atoms with Gasteiger partial charge in [-0.1, -0.05) is 41.0 Å². The van der Waals surface area contributed by atoms with Crippen LogP contribution in [0.2, 0.25) is 5.02 Å². The summed E-state index contributed by atoms with van der Waals surface area (Å²) in [5.74, 6) is -0.425. The zero-order chi connectivity index (χ0) is 23.8. The molecule has 0 aliphatic heterocycles. The minimum atomic E-state index is -1.41.